The van der Waals surface area contributed by atoms with Crippen LogP contribution in [0, 0.1) is 0 Å². The second-order valence-corrected chi connectivity index (χ2v) is 7.63. The van der Waals surface area contributed by atoms with Crippen LogP contribution in [0.4, 0.5) is 13.2 Å². The van der Waals surface area contributed by atoms with Crippen LogP contribution in [0.2, 0.25) is 0 Å². The number of amides is 1. The summed E-state index contributed by atoms with van der Waals surface area (Å²) < 4.78 is 41.3. The van der Waals surface area contributed by atoms with Crippen molar-refractivity contribution < 1.29 is 18.0 Å². The fraction of sp³-hybridized carbons (Fsp3) is 0.316. The smallest absolute Gasteiger partial charge is 0.338 e. The molecule has 1 aliphatic rings. The number of hydrogen-bond acceptors (Lipinski definition) is 3. The maximum atomic E-state index is 13.1. The molecule has 1 saturated heterocycles. The molecule has 1 fully saturated rings. The van der Waals surface area contributed by atoms with Crippen LogP contribution in [0.1, 0.15) is 40.5 Å². The van der Waals surface area contributed by atoms with Crippen LogP contribution in [0.5, 0.6) is 0 Å². The van der Waals surface area contributed by atoms with Crippen LogP contribution >= 0.6 is 15.9 Å². The summed E-state index contributed by atoms with van der Waals surface area (Å²) in [5.74, 6) is 0.159. The minimum Gasteiger partial charge on any atom is -0.338 e. The highest BCUT2D eigenvalue weighted by molar-refractivity contribution is 9.10. The minimum absolute atomic E-state index is 0.109. The SMILES string of the molecule is O=C(c1ccccc1Br)N1CCCC(c2nnc3ccc(C(F)(F)F)cn23)C1. The second-order valence-electron chi connectivity index (χ2n) is 6.77. The lowest BCUT2D eigenvalue weighted by Crippen LogP contribution is -2.39. The van der Waals surface area contributed by atoms with Gasteiger partial charge in [0, 0.05) is 29.7 Å². The van der Waals surface area contributed by atoms with Crippen molar-refractivity contribution >= 4 is 27.5 Å². The van der Waals surface area contributed by atoms with Gasteiger partial charge in [0.25, 0.3) is 5.91 Å². The molecule has 9 heteroatoms. The molecule has 0 aliphatic carbocycles. The number of aromatic nitrogens is 3. The Bertz CT molecular complexity index is 1030. The van der Waals surface area contributed by atoms with Crippen molar-refractivity contribution in [3.05, 3.63) is 64.0 Å². The number of carbonyl (C=O) groups is 1. The predicted molar refractivity (Wildman–Crippen MR) is 100 cm³/mol. The molecule has 0 radical (unpaired) electrons. The van der Waals surface area contributed by atoms with E-state index >= 15 is 0 Å². The lowest BCUT2D eigenvalue weighted by molar-refractivity contribution is -0.137. The van der Waals surface area contributed by atoms with E-state index in [4.69, 9.17) is 0 Å². The number of pyridine rings is 1. The van der Waals surface area contributed by atoms with Gasteiger partial charge >= 0.3 is 6.18 Å². The van der Waals surface area contributed by atoms with E-state index in [1.54, 1.807) is 23.1 Å². The van der Waals surface area contributed by atoms with E-state index in [-0.39, 0.29) is 11.8 Å². The Labute approximate surface area is 167 Å². The number of halogens is 4. The number of hydrogen-bond donors (Lipinski definition) is 0. The van der Waals surface area contributed by atoms with E-state index in [0.29, 0.717) is 34.6 Å². The van der Waals surface area contributed by atoms with Gasteiger partial charge < -0.3 is 4.90 Å². The molecule has 0 saturated carbocycles. The molecule has 1 aromatic carbocycles. The highest BCUT2D eigenvalue weighted by atomic mass is 79.9. The monoisotopic (exact) mass is 452 g/mol. The van der Waals surface area contributed by atoms with Gasteiger partial charge in [-0.15, -0.1) is 10.2 Å². The molecule has 1 unspecified atom stereocenters. The Balaban J connectivity index is 1.63. The zero-order valence-electron chi connectivity index (χ0n) is 14.7. The van der Waals surface area contributed by atoms with Crippen molar-refractivity contribution in [3.63, 3.8) is 0 Å². The van der Waals surface area contributed by atoms with E-state index in [9.17, 15) is 18.0 Å². The molecular formula is C19H16BrF3N4O. The molecular weight excluding hydrogens is 437 g/mol. The highest BCUT2D eigenvalue weighted by Gasteiger charge is 2.33. The molecule has 0 N–H and O–H groups in total. The maximum absolute atomic E-state index is 13.1. The topological polar surface area (TPSA) is 50.5 Å². The molecule has 3 heterocycles. The third kappa shape index (κ3) is 3.50. The molecule has 1 atom stereocenters. The molecule has 3 aromatic rings. The van der Waals surface area contributed by atoms with Gasteiger partial charge in [0.1, 0.15) is 5.82 Å². The first-order valence-electron chi connectivity index (χ1n) is 8.80. The summed E-state index contributed by atoms with van der Waals surface area (Å²) in [5, 5.41) is 8.12. The summed E-state index contributed by atoms with van der Waals surface area (Å²) in [5.41, 5.74) is 0.170. The first-order chi connectivity index (χ1) is 13.3. The van der Waals surface area contributed by atoms with Gasteiger partial charge in [-0.2, -0.15) is 13.2 Å². The maximum Gasteiger partial charge on any atom is 0.417 e. The van der Waals surface area contributed by atoms with E-state index in [1.807, 2.05) is 6.07 Å². The Hall–Kier alpha value is -2.42. The van der Waals surface area contributed by atoms with Crippen LogP contribution in [-0.4, -0.2) is 38.5 Å². The first kappa shape index (κ1) is 18.9. The molecule has 146 valence electrons. The van der Waals surface area contributed by atoms with Gasteiger partial charge in [0.2, 0.25) is 0 Å². The Kier molecular flexibility index (Phi) is 4.86. The predicted octanol–water partition coefficient (Wildman–Crippen LogP) is 4.53. The zero-order chi connectivity index (χ0) is 19.9. The van der Waals surface area contributed by atoms with E-state index in [2.05, 4.69) is 26.1 Å². The fourth-order valence-corrected chi connectivity index (χ4v) is 3.99. The highest BCUT2D eigenvalue weighted by Crippen LogP contribution is 2.32. The van der Waals surface area contributed by atoms with E-state index < -0.39 is 11.7 Å². The molecule has 2 aromatic heterocycles. The van der Waals surface area contributed by atoms with Crippen molar-refractivity contribution in [2.45, 2.75) is 24.9 Å². The molecule has 28 heavy (non-hydrogen) atoms. The third-order valence-corrected chi connectivity index (χ3v) is 5.63. The van der Waals surface area contributed by atoms with E-state index in [1.165, 1.54) is 10.5 Å². The normalized spacial score (nSPS) is 17.9. The van der Waals surface area contributed by atoms with Gasteiger partial charge in [-0.1, -0.05) is 12.1 Å². The van der Waals surface area contributed by atoms with Crippen molar-refractivity contribution in [1.29, 1.82) is 0 Å². The number of benzene rings is 1. The summed E-state index contributed by atoms with van der Waals surface area (Å²) in [6, 6.07) is 9.49. The average Bonchev–Trinajstić information content (AvgIpc) is 3.10. The number of alkyl halides is 3. The summed E-state index contributed by atoms with van der Waals surface area (Å²) in [7, 11) is 0. The van der Waals surface area contributed by atoms with Gasteiger partial charge in [-0.3, -0.25) is 9.20 Å². The van der Waals surface area contributed by atoms with Crippen molar-refractivity contribution in [2.75, 3.05) is 13.1 Å². The molecule has 0 spiro atoms. The number of piperidine rings is 1. The quantitative estimate of drug-likeness (QED) is 0.573. The van der Waals surface area contributed by atoms with Gasteiger partial charge in [-0.25, -0.2) is 0 Å². The lowest BCUT2D eigenvalue weighted by atomic mass is 9.96. The standard InChI is InChI=1S/C19H16BrF3N4O/c20-15-6-2-1-5-14(15)18(28)26-9-3-4-12(10-26)17-25-24-16-8-7-13(11-27(16)17)19(21,22)23/h1-2,5-8,11-12H,3-4,9-10H2. The Morgan fingerprint density at radius 3 is 2.68 bits per heavy atom. The van der Waals surface area contributed by atoms with Crippen LogP contribution in [0.15, 0.2) is 47.1 Å². The third-order valence-electron chi connectivity index (χ3n) is 4.93. The Morgan fingerprint density at radius 2 is 1.93 bits per heavy atom. The molecule has 1 amide bonds. The van der Waals surface area contributed by atoms with Crippen molar-refractivity contribution in [2.24, 2.45) is 0 Å². The van der Waals surface area contributed by atoms with Gasteiger partial charge in [-0.05, 0) is 53.0 Å². The van der Waals surface area contributed by atoms with Crippen LogP contribution in [-0.2, 0) is 6.18 Å². The number of carbonyl (C=O) groups excluding carboxylic acids is 1. The minimum atomic E-state index is -4.44. The fourth-order valence-electron chi connectivity index (χ4n) is 3.53. The summed E-state index contributed by atoms with van der Waals surface area (Å²) >= 11 is 3.40. The Morgan fingerprint density at radius 1 is 1.14 bits per heavy atom. The average molecular weight is 453 g/mol. The van der Waals surface area contributed by atoms with Crippen LogP contribution < -0.4 is 0 Å². The number of likely N-dealkylation sites (tertiary alicyclic amines) is 1. The zero-order valence-corrected chi connectivity index (χ0v) is 16.2. The van der Waals surface area contributed by atoms with Crippen molar-refractivity contribution in [1.82, 2.24) is 19.5 Å². The summed E-state index contributed by atoms with van der Waals surface area (Å²) in [6.45, 7) is 0.985. The number of rotatable bonds is 2. The largest absolute Gasteiger partial charge is 0.417 e. The number of fused-ring (bicyclic) bond motifs is 1. The second kappa shape index (κ2) is 7.20. The van der Waals surface area contributed by atoms with Crippen LogP contribution in [0.3, 0.4) is 0 Å². The lowest BCUT2D eigenvalue weighted by Gasteiger charge is -2.32. The van der Waals surface area contributed by atoms with Crippen molar-refractivity contribution in [3.8, 4) is 0 Å². The summed E-state index contributed by atoms with van der Waals surface area (Å²) in [4.78, 5) is 14.6. The van der Waals surface area contributed by atoms with Gasteiger partial charge in [0.05, 0.1) is 11.1 Å². The number of nitrogens with zero attached hydrogens (tertiary/aromatic N) is 4. The first-order valence-corrected chi connectivity index (χ1v) is 9.59. The van der Waals surface area contributed by atoms with Gasteiger partial charge in [0.15, 0.2) is 5.65 Å². The van der Waals surface area contributed by atoms with E-state index in [0.717, 1.165) is 25.1 Å². The molecule has 5 nitrogen and oxygen atoms in total. The molecule has 0 bridgehead atoms. The van der Waals surface area contributed by atoms with Crippen LogP contribution in [0.25, 0.3) is 5.65 Å². The summed E-state index contributed by atoms with van der Waals surface area (Å²) in [6.07, 6.45) is -1.94. The molecule has 4 rings (SSSR count). The molecule has 1 aliphatic heterocycles.